The van der Waals surface area contributed by atoms with Gasteiger partial charge in [-0.2, -0.15) is 0 Å². The molecule has 0 fully saturated rings. The molecule has 0 unspecified atom stereocenters. The van der Waals surface area contributed by atoms with E-state index in [0.29, 0.717) is 15.7 Å². The Morgan fingerprint density at radius 2 is 1.88 bits per heavy atom. The van der Waals surface area contributed by atoms with Crippen LogP contribution in [0.25, 0.3) is 0 Å². The van der Waals surface area contributed by atoms with E-state index in [9.17, 15) is 18.0 Å². The van der Waals surface area contributed by atoms with Crippen LogP contribution in [0.3, 0.4) is 0 Å². The summed E-state index contributed by atoms with van der Waals surface area (Å²) in [7, 11) is -1.23. The van der Waals surface area contributed by atoms with Crippen LogP contribution >= 0.6 is 0 Å². The lowest BCUT2D eigenvalue weighted by atomic mass is 10.1. The van der Waals surface area contributed by atoms with Gasteiger partial charge in [-0.05, 0) is 30.3 Å². The van der Waals surface area contributed by atoms with E-state index in [1.54, 1.807) is 24.3 Å². The molecule has 0 aromatic heterocycles. The molecule has 124 valence electrons. The van der Waals surface area contributed by atoms with Crippen LogP contribution in [0.15, 0.2) is 47.4 Å². The minimum Gasteiger partial charge on any atom is -0.495 e. The molecule has 0 spiro atoms. The first-order chi connectivity index (χ1) is 11.4. The van der Waals surface area contributed by atoms with E-state index in [0.717, 1.165) is 0 Å². The maximum Gasteiger partial charge on any atom is 0.268 e. The maximum atomic E-state index is 12.4. The number of ether oxygens (including phenoxy) is 1. The van der Waals surface area contributed by atoms with Gasteiger partial charge in [0.2, 0.25) is 0 Å². The molecular formula is C16H14N2O5S. The van der Waals surface area contributed by atoms with Crippen LogP contribution < -0.4 is 10.1 Å². The largest absolute Gasteiger partial charge is 0.495 e. The van der Waals surface area contributed by atoms with Crippen LogP contribution in [0.1, 0.15) is 20.7 Å². The number of carbonyl (C=O) groups is 2. The van der Waals surface area contributed by atoms with Gasteiger partial charge in [0.25, 0.3) is 21.8 Å². The van der Waals surface area contributed by atoms with Crippen LogP contribution in [0.2, 0.25) is 0 Å². The molecule has 0 saturated heterocycles. The van der Waals surface area contributed by atoms with Crippen molar-refractivity contribution in [2.24, 2.45) is 0 Å². The molecule has 0 radical (unpaired) electrons. The molecule has 1 aliphatic heterocycles. The number of carbonyl (C=O) groups excluding carboxylic acids is 2. The Bertz CT molecular complexity index is 953. The average Bonchev–Trinajstić information content (AvgIpc) is 2.76. The second-order valence-electron chi connectivity index (χ2n) is 5.14. The lowest BCUT2D eigenvalue weighted by molar-refractivity contribution is 0.0890. The van der Waals surface area contributed by atoms with Gasteiger partial charge >= 0.3 is 0 Å². The summed E-state index contributed by atoms with van der Waals surface area (Å²) in [6.45, 7) is 0. The van der Waals surface area contributed by atoms with E-state index in [-0.39, 0.29) is 16.0 Å². The summed E-state index contributed by atoms with van der Waals surface area (Å²) in [6, 6.07) is 10.8. The van der Waals surface area contributed by atoms with Crippen molar-refractivity contribution >= 4 is 27.5 Å². The van der Waals surface area contributed by atoms with Crippen LogP contribution in [0.4, 0.5) is 5.69 Å². The fraction of sp³-hybridized carbons (Fsp3) is 0.125. The first-order valence-electron chi connectivity index (χ1n) is 6.98. The molecule has 0 bridgehead atoms. The number of anilines is 1. The monoisotopic (exact) mass is 346 g/mol. The highest BCUT2D eigenvalue weighted by atomic mass is 32.2. The van der Waals surface area contributed by atoms with E-state index in [4.69, 9.17) is 4.74 Å². The van der Waals surface area contributed by atoms with Gasteiger partial charge < -0.3 is 10.1 Å². The number of rotatable bonds is 3. The molecule has 1 N–H and O–H groups in total. The van der Waals surface area contributed by atoms with Gasteiger partial charge in [-0.25, -0.2) is 12.7 Å². The smallest absolute Gasteiger partial charge is 0.268 e. The Balaban J connectivity index is 1.96. The second-order valence-corrected chi connectivity index (χ2v) is 7.08. The lowest BCUT2D eigenvalue weighted by Gasteiger charge is -2.10. The SMILES string of the molecule is COc1ccccc1NC(=O)c1ccc2c(c1)S(=O)(=O)N(C)C2=O. The molecule has 0 aliphatic carbocycles. The standard InChI is InChI=1S/C16H14N2O5S/c1-18-16(20)11-8-7-10(9-14(11)24(18,21)22)15(19)17-12-5-3-4-6-13(12)23-2/h3-9H,1-2H3,(H,17,19). The first-order valence-corrected chi connectivity index (χ1v) is 8.42. The normalized spacial score (nSPS) is 15.1. The average molecular weight is 346 g/mol. The summed E-state index contributed by atoms with van der Waals surface area (Å²) in [5.41, 5.74) is 0.652. The second kappa shape index (κ2) is 5.64. The van der Waals surface area contributed by atoms with Crippen molar-refractivity contribution in [3.8, 4) is 5.75 Å². The Hall–Kier alpha value is -2.87. The molecule has 0 atom stereocenters. The minimum absolute atomic E-state index is 0.0614. The van der Waals surface area contributed by atoms with E-state index in [1.807, 2.05) is 0 Å². The summed E-state index contributed by atoms with van der Waals surface area (Å²) in [4.78, 5) is 24.1. The van der Waals surface area contributed by atoms with Gasteiger partial charge in [-0.1, -0.05) is 12.1 Å². The zero-order chi connectivity index (χ0) is 17.5. The summed E-state index contributed by atoms with van der Waals surface area (Å²) < 4.78 is 30.2. The third-order valence-corrected chi connectivity index (χ3v) is 5.53. The predicted octanol–water partition coefficient (Wildman–Crippen LogP) is 1.72. The number of nitrogens with one attached hydrogen (secondary N) is 1. The molecule has 2 aromatic carbocycles. The number of benzene rings is 2. The number of fused-ring (bicyclic) bond motifs is 1. The highest BCUT2D eigenvalue weighted by molar-refractivity contribution is 7.90. The summed E-state index contributed by atoms with van der Waals surface area (Å²) >= 11 is 0. The maximum absolute atomic E-state index is 12.4. The zero-order valence-corrected chi connectivity index (χ0v) is 13.8. The van der Waals surface area contributed by atoms with Crippen molar-refractivity contribution in [2.45, 2.75) is 4.90 Å². The fourth-order valence-electron chi connectivity index (χ4n) is 2.42. The molecule has 3 rings (SSSR count). The van der Waals surface area contributed by atoms with Crippen molar-refractivity contribution in [2.75, 3.05) is 19.5 Å². The molecule has 8 heteroatoms. The van der Waals surface area contributed by atoms with Gasteiger partial charge in [0.1, 0.15) is 10.6 Å². The van der Waals surface area contributed by atoms with E-state index < -0.39 is 21.8 Å². The quantitative estimate of drug-likeness (QED) is 0.913. The van der Waals surface area contributed by atoms with Gasteiger partial charge in [0, 0.05) is 12.6 Å². The number of methoxy groups -OCH3 is 1. The number of amides is 2. The van der Waals surface area contributed by atoms with Gasteiger partial charge in [-0.3, -0.25) is 9.59 Å². The van der Waals surface area contributed by atoms with Crippen LogP contribution in [-0.4, -0.2) is 38.7 Å². The molecule has 2 amide bonds. The van der Waals surface area contributed by atoms with Crippen LogP contribution in [0.5, 0.6) is 5.75 Å². The third kappa shape index (κ3) is 2.41. The number of hydrogen-bond donors (Lipinski definition) is 1. The molecule has 1 aliphatic rings. The molecular weight excluding hydrogens is 332 g/mol. The molecule has 7 nitrogen and oxygen atoms in total. The van der Waals surface area contributed by atoms with E-state index in [1.165, 1.54) is 32.4 Å². The Labute approximate surface area is 138 Å². The number of sulfonamides is 1. The highest BCUT2D eigenvalue weighted by Gasteiger charge is 2.38. The minimum atomic E-state index is -3.90. The van der Waals surface area contributed by atoms with Crippen LogP contribution in [-0.2, 0) is 10.0 Å². The molecule has 24 heavy (non-hydrogen) atoms. The number of para-hydroxylation sites is 2. The fourth-order valence-corrected chi connectivity index (χ4v) is 3.74. The molecule has 2 aromatic rings. The topological polar surface area (TPSA) is 92.8 Å². The van der Waals surface area contributed by atoms with Crippen molar-refractivity contribution in [1.82, 2.24) is 4.31 Å². The predicted molar refractivity (Wildman–Crippen MR) is 86.7 cm³/mol. The van der Waals surface area contributed by atoms with E-state index >= 15 is 0 Å². The number of hydrogen-bond acceptors (Lipinski definition) is 5. The van der Waals surface area contributed by atoms with Gasteiger partial charge in [0.15, 0.2) is 0 Å². The Morgan fingerprint density at radius 1 is 1.17 bits per heavy atom. The third-order valence-electron chi connectivity index (χ3n) is 3.75. The van der Waals surface area contributed by atoms with Crippen LogP contribution in [0, 0.1) is 0 Å². The van der Waals surface area contributed by atoms with Crippen molar-refractivity contribution < 1.29 is 22.7 Å². The van der Waals surface area contributed by atoms with Gasteiger partial charge in [-0.15, -0.1) is 0 Å². The lowest BCUT2D eigenvalue weighted by Crippen LogP contribution is -2.24. The van der Waals surface area contributed by atoms with E-state index in [2.05, 4.69) is 5.32 Å². The summed E-state index contributed by atoms with van der Waals surface area (Å²) in [5, 5.41) is 2.66. The van der Waals surface area contributed by atoms with Crippen molar-refractivity contribution in [3.05, 3.63) is 53.6 Å². The molecule has 1 heterocycles. The number of nitrogens with zero attached hydrogens (tertiary/aromatic N) is 1. The summed E-state index contributed by atoms with van der Waals surface area (Å²) in [6.07, 6.45) is 0. The molecule has 0 saturated carbocycles. The first kappa shape index (κ1) is 16.0. The highest BCUT2D eigenvalue weighted by Crippen LogP contribution is 2.30. The summed E-state index contributed by atoms with van der Waals surface area (Å²) in [5.74, 6) is -0.629. The van der Waals surface area contributed by atoms with Crippen molar-refractivity contribution in [3.63, 3.8) is 0 Å². The zero-order valence-electron chi connectivity index (χ0n) is 12.9. The van der Waals surface area contributed by atoms with Gasteiger partial charge in [0.05, 0.1) is 18.4 Å². The Morgan fingerprint density at radius 3 is 2.58 bits per heavy atom. The Kier molecular flexibility index (Phi) is 3.76. The van der Waals surface area contributed by atoms with Crippen molar-refractivity contribution in [1.29, 1.82) is 0 Å².